The molecule has 1 atom stereocenters. The number of hydrogen-bond donors (Lipinski definition) is 1. The Hall–Kier alpha value is -3.22. The first-order chi connectivity index (χ1) is 12.1. The Bertz CT molecular complexity index is 1100. The van der Waals surface area contributed by atoms with Crippen LogP contribution in [0, 0.1) is 12.7 Å². The zero-order valence-electron chi connectivity index (χ0n) is 13.7. The van der Waals surface area contributed by atoms with E-state index in [0.717, 1.165) is 0 Å². The van der Waals surface area contributed by atoms with E-state index < -0.39 is 17.8 Å². The highest BCUT2D eigenvalue weighted by molar-refractivity contribution is 5.99. The Labute approximate surface area is 142 Å². The Balaban J connectivity index is 1.66. The van der Waals surface area contributed by atoms with E-state index in [1.165, 1.54) is 6.07 Å². The van der Waals surface area contributed by atoms with E-state index in [-0.39, 0.29) is 11.3 Å². The number of aryl methyl sites for hydroxylation is 1. The molecule has 0 aliphatic rings. The standard InChI is InChI=1S/C18H15FN4O2/c1-10-12-6-5-7-13(19)16(12)25-15(10)18(24)20-11(2)17-22-21-14-8-3-4-9-23(14)17/h3-9,11H,1-2H3,(H,20,24). The van der Waals surface area contributed by atoms with Crippen LogP contribution < -0.4 is 5.32 Å². The molecule has 0 saturated carbocycles. The maximum atomic E-state index is 13.9. The number of rotatable bonds is 3. The maximum absolute atomic E-state index is 13.9. The minimum Gasteiger partial charge on any atom is -0.448 e. The third kappa shape index (κ3) is 2.44. The summed E-state index contributed by atoms with van der Waals surface area (Å²) >= 11 is 0. The van der Waals surface area contributed by atoms with E-state index in [1.807, 2.05) is 24.4 Å². The van der Waals surface area contributed by atoms with Gasteiger partial charge in [0.05, 0.1) is 6.04 Å². The predicted molar refractivity (Wildman–Crippen MR) is 89.8 cm³/mol. The summed E-state index contributed by atoms with van der Waals surface area (Å²) in [6.07, 6.45) is 1.83. The molecule has 0 radical (unpaired) electrons. The molecule has 0 aliphatic carbocycles. The number of hydrogen-bond acceptors (Lipinski definition) is 4. The summed E-state index contributed by atoms with van der Waals surface area (Å²) < 4.78 is 21.1. The van der Waals surface area contributed by atoms with E-state index in [0.29, 0.717) is 22.4 Å². The number of benzene rings is 1. The van der Waals surface area contributed by atoms with Gasteiger partial charge in [0, 0.05) is 17.1 Å². The molecule has 4 rings (SSSR count). The molecule has 7 heteroatoms. The number of para-hydroxylation sites is 1. The molecular weight excluding hydrogens is 323 g/mol. The highest BCUT2D eigenvalue weighted by Gasteiger charge is 2.22. The van der Waals surface area contributed by atoms with Gasteiger partial charge in [-0.15, -0.1) is 10.2 Å². The third-order valence-corrected chi connectivity index (χ3v) is 4.20. The lowest BCUT2D eigenvalue weighted by Crippen LogP contribution is -2.28. The second kappa shape index (κ2) is 5.70. The van der Waals surface area contributed by atoms with Crippen LogP contribution in [0.2, 0.25) is 0 Å². The van der Waals surface area contributed by atoms with Gasteiger partial charge in [0.15, 0.2) is 28.6 Å². The van der Waals surface area contributed by atoms with Crippen LogP contribution in [0.25, 0.3) is 16.6 Å². The van der Waals surface area contributed by atoms with E-state index >= 15 is 0 Å². The number of fused-ring (bicyclic) bond motifs is 2. The molecule has 4 aromatic rings. The van der Waals surface area contributed by atoms with Crippen molar-refractivity contribution in [1.29, 1.82) is 0 Å². The lowest BCUT2D eigenvalue weighted by Gasteiger charge is -2.11. The molecule has 3 heterocycles. The third-order valence-electron chi connectivity index (χ3n) is 4.20. The first-order valence-corrected chi connectivity index (χ1v) is 7.84. The fraction of sp³-hybridized carbons (Fsp3) is 0.167. The van der Waals surface area contributed by atoms with Crippen molar-refractivity contribution in [3.8, 4) is 0 Å². The Morgan fingerprint density at radius 2 is 2.08 bits per heavy atom. The minimum atomic E-state index is -0.490. The fourth-order valence-electron chi connectivity index (χ4n) is 2.91. The maximum Gasteiger partial charge on any atom is 0.287 e. The molecule has 1 N–H and O–H groups in total. The summed E-state index contributed by atoms with van der Waals surface area (Å²) in [5, 5.41) is 11.6. The number of nitrogens with zero attached hydrogens (tertiary/aromatic N) is 3. The Morgan fingerprint density at radius 1 is 1.24 bits per heavy atom. The quantitative estimate of drug-likeness (QED) is 0.621. The van der Waals surface area contributed by atoms with Crippen molar-refractivity contribution in [2.75, 3.05) is 0 Å². The van der Waals surface area contributed by atoms with Crippen molar-refractivity contribution in [2.45, 2.75) is 19.9 Å². The van der Waals surface area contributed by atoms with Gasteiger partial charge in [-0.3, -0.25) is 9.20 Å². The molecule has 0 aliphatic heterocycles. The summed E-state index contributed by atoms with van der Waals surface area (Å²) in [6, 6.07) is 9.78. The number of furan rings is 1. The van der Waals surface area contributed by atoms with Crippen LogP contribution in [0.15, 0.2) is 47.0 Å². The lowest BCUT2D eigenvalue weighted by atomic mass is 10.1. The van der Waals surface area contributed by atoms with Crippen molar-refractivity contribution < 1.29 is 13.6 Å². The molecule has 126 valence electrons. The fourth-order valence-corrected chi connectivity index (χ4v) is 2.91. The molecule has 0 spiro atoms. The van der Waals surface area contributed by atoms with Crippen LogP contribution in [0.1, 0.15) is 34.9 Å². The largest absolute Gasteiger partial charge is 0.448 e. The van der Waals surface area contributed by atoms with Crippen LogP contribution in [0.3, 0.4) is 0 Å². The van der Waals surface area contributed by atoms with E-state index in [1.54, 1.807) is 30.4 Å². The number of carbonyl (C=O) groups is 1. The van der Waals surface area contributed by atoms with Crippen LogP contribution in [0.4, 0.5) is 4.39 Å². The van der Waals surface area contributed by atoms with Crippen molar-refractivity contribution in [3.63, 3.8) is 0 Å². The normalized spacial score (nSPS) is 12.6. The summed E-state index contributed by atoms with van der Waals surface area (Å²) in [5.41, 5.74) is 1.39. The van der Waals surface area contributed by atoms with Gasteiger partial charge in [0.1, 0.15) is 0 Å². The Morgan fingerprint density at radius 3 is 2.88 bits per heavy atom. The number of amides is 1. The zero-order chi connectivity index (χ0) is 17.6. The van der Waals surface area contributed by atoms with E-state index in [2.05, 4.69) is 15.5 Å². The zero-order valence-corrected chi connectivity index (χ0v) is 13.7. The molecule has 1 amide bonds. The minimum absolute atomic E-state index is 0.0886. The molecule has 6 nitrogen and oxygen atoms in total. The summed E-state index contributed by atoms with van der Waals surface area (Å²) in [7, 11) is 0. The average molecular weight is 338 g/mol. The number of pyridine rings is 1. The van der Waals surface area contributed by atoms with Gasteiger partial charge in [0.2, 0.25) is 0 Å². The van der Waals surface area contributed by atoms with Crippen molar-refractivity contribution in [3.05, 3.63) is 65.6 Å². The summed E-state index contributed by atoms with van der Waals surface area (Å²) in [4.78, 5) is 12.6. The second-order valence-electron chi connectivity index (χ2n) is 5.85. The summed E-state index contributed by atoms with van der Waals surface area (Å²) in [5.74, 6) is -0.214. The number of carbonyl (C=O) groups excluding carboxylic acids is 1. The summed E-state index contributed by atoms with van der Waals surface area (Å²) in [6.45, 7) is 3.54. The molecule has 3 aromatic heterocycles. The average Bonchev–Trinajstić information content (AvgIpc) is 3.18. The predicted octanol–water partition coefficient (Wildman–Crippen LogP) is 3.41. The number of nitrogens with one attached hydrogen (secondary N) is 1. The van der Waals surface area contributed by atoms with Gasteiger partial charge in [-0.2, -0.15) is 0 Å². The molecule has 1 aromatic carbocycles. The topological polar surface area (TPSA) is 72.4 Å². The van der Waals surface area contributed by atoms with Gasteiger partial charge < -0.3 is 9.73 Å². The molecule has 25 heavy (non-hydrogen) atoms. The number of aromatic nitrogens is 3. The number of halogens is 1. The van der Waals surface area contributed by atoms with Crippen molar-refractivity contribution in [1.82, 2.24) is 19.9 Å². The second-order valence-corrected chi connectivity index (χ2v) is 5.85. The van der Waals surface area contributed by atoms with Gasteiger partial charge in [-0.1, -0.05) is 18.2 Å². The van der Waals surface area contributed by atoms with Crippen molar-refractivity contribution in [2.24, 2.45) is 0 Å². The SMILES string of the molecule is Cc1c(C(=O)NC(C)c2nnc3ccccn23)oc2c(F)cccc12. The first-order valence-electron chi connectivity index (χ1n) is 7.84. The van der Waals surface area contributed by atoms with Crippen LogP contribution in [-0.2, 0) is 0 Å². The van der Waals surface area contributed by atoms with Crippen LogP contribution in [0.5, 0.6) is 0 Å². The first kappa shape index (κ1) is 15.3. The molecule has 0 saturated heterocycles. The highest BCUT2D eigenvalue weighted by Crippen LogP contribution is 2.27. The monoisotopic (exact) mass is 338 g/mol. The van der Waals surface area contributed by atoms with Crippen LogP contribution in [-0.4, -0.2) is 20.5 Å². The van der Waals surface area contributed by atoms with Gasteiger partial charge in [0.25, 0.3) is 5.91 Å². The molecular formula is C18H15FN4O2. The molecule has 1 unspecified atom stereocenters. The van der Waals surface area contributed by atoms with Gasteiger partial charge in [-0.05, 0) is 32.0 Å². The van der Waals surface area contributed by atoms with E-state index in [9.17, 15) is 9.18 Å². The molecule has 0 bridgehead atoms. The lowest BCUT2D eigenvalue weighted by molar-refractivity contribution is 0.0911. The van der Waals surface area contributed by atoms with E-state index in [4.69, 9.17) is 4.42 Å². The van der Waals surface area contributed by atoms with Crippen LogP contribution >= 0.6 is 0 Å². The highest BCUT2D eigenvalue weighted by atomic mass is 19.1. The Kier molecular flexibility index (Phi) is 3.49. The smallest absolute Gasteiger partial charge is 0.287 e. The van der Waals surface area contributed by atoms with Crippen molar-refractivity contribution >= 4 is 22.5 Å². The van der Waals surface area contributed by atoms with Gasteiger partial charge in [-0.25, -0.2) is 4.39 Å². The van der Waals surface area contributed by atoms with Gasteiger partial charge >= 0.3 is 0 Å². The molecule has 0 fully saturated rings.